The summed E-state index contributed by atoms with van der Waals surface area (Å²) in [5.41, 5.74) is 6.83. The van der Waals surface area contributed by atoms with E-state index in [-0.39, 0.29) is 12.2 Å². The highest BCUT2D eigenvalue weighted by Gasteiger charge is 2.17. The second-order valence-corrected chi connectivity index (χ2v) is 4.86. The average Bonchev–Trinajstić information content (AvgIpc) is 2.31. The van der Waals surface area contributed by atoms with Gasteiger partial charge in [0, 0.05) is 0 Å². The molecule has 0 unspecified atom stereocenters. The summed E-state index contributed by atoms with van der Waals surface area (Å²) >= 11 is 0. The molecular weight excluding hydrogens is 232 g/mol. The largest absolute Gasteiger partial charge is 0.397 e. The molecule has 0 aliphatic carbocycles. The number of H-pyrrole nitrogens is 1. The number of fused-ring (bicyclic) bond motifs is 1. The molecule has 0 atom stereocenters. The highest BCUT2D eigenvalue weighted by atomic mass is 16.3. The minimum atomic E-state index is -0.497. The first kappa shape index (κ1) is 12.4. The molecule has 0 radical (unpaired) electrons. The molecule has 0 fully saturated rings. The minimum absolute atomic E-state index is 0.0344. The fourth-order valence-corrected chi connectivity index (χ4v) is 1.64. The van der Waals surface area contributed by atoms with Crippen molar-refractivity contribution in [3.05, 3.63) is 28.8 Å². The summed E-state index contributed by atoms with van der Waals surface area (Å²) in [4.78, 5) is 18.2. The zero-order valence-corrected chi connectivity index (χ0v) is 10.3. The van der Waals surface area contributed by atoms with Crippen molar-refractivity contribution in [3.63, 3.8) is 0 Å². The smallest absolute Gasteiger partial charge is 0.258 e. The van der Waals surface area contributed by atoms with Gasteiger partial charge in [-0.2, -0.15) is 0 Å². The molecule has 0 saturated carbocycles. The number of nitrogens with one attached hydrogen (secondary N) is 2. The first-order valence-electron chi connectivity index (χ1n) is 5.59. The number of aliphatic hydroxyl groups excluding tert-OH is 1. The van der Waals surface area contributed by atoms with Crippen LogP contribution in [0.25, 0.3) is 10.9 Å². The van der Waals surface area contributed by atoms with Crippen LogP contribution in [0.3, 0.4) is 0 Å². The van der Waals surface area contributed by atoms with Gasteiger partial charge in [-0.25, -0.2) is 4.98 Å². The number of nitrogens with zero attached hydrogens (tertiary/aromatic N) is 1. The minimum Gasteiger partial charge on any atom is -0.397 e. The van der Waals surface area contributed by atoms with Crippen molar-refractivity contribution in [2.75, 3.05) is 17.7 Å². The summed E-state index contributed by atoms with van der Waals surface area (Å²) < 4.78 is 0. The third-order valence-corrected chi connectivity index (χ3v) is 2.68. The highest BCUT2D eigenvalue weighted by Crippen LogP contribution is 2.25. The van der Waals surface area contributed by atoms with Crippen molar-refractivity contribution in [3.8, 4) is 0 Å². The lowest BCUT2D eigenvalue weighted by Crippen LogP contribution is -2.35. The number of aromatic amines is 1. The van der Waals surface area contributed by atoms with Crippen LogP contribution in [0.2, 0.25) is 0 Å². The number of benzene rings is 1. The van der Waals surface area contributed by atoms with Crippen molar-refractivity contribution in [1.29, 1.82) is 0 Å². The van der Waals surface area contributed by atoms with Crippen molar-refractivity contribution >= 4 is 22.3 Å². The molecule has 0 bridgehead atoms. The topological polar surface area (TPSA) is 104 Å². The van der Waals surface area contributed by atoms with Crippen molar-refractivity contribution in [2.24, 2.45) is 0 Å². The Kier molecular flexibility index (Phi) is 2.96. The van der Waals surface area contributed by atoms with Crippen LogP contribution in [0.15, 0.2) is 23.3 Å². The summed E-state index contributed by atoms with van der Waals surface area (Å²) in [6, 6.07) is 3.29. The number of nitrogen functional groups attached to an aromatic ring is 1. The molecule has 2 rings (SSSR count). The molecule has 0 aliphatic rings. The fourth-order valence-electron chi connectivity index (χ4n) is 1.64. The molecular formula is C12H16N4O2. The van der Waals surface area contributed by atoms with Gasteiger partial charge in [-0.1, -0.05) is 0 Å². The van der Waals surface area contributed by atoms with Crippen LogP contribution in [0, 0.1) is 0 Å². The number of rotatable bonds is 3. The maximum atomic E-state index is 11.6. The molecule has 0 aliphatic heterocycles. The molecule has 1 heterocycles. The number of hydrogen-bond donors (Lipinski definition) is 4. The van der Waals surface area contributed by atoms with E-state index in [0.717, 1.165) is 0 Å². The van der Waals surface area contributed by atoms with E-state index in [0.29, 0.717) is 22.3 Å². The van der Waals surface area contributed by atoms with Crippen LogP contribution in [0.5, 0.6) is 0 Å². The van der Waals surface area contributed by atoms with Gasteiger partial charge in [-0.15, -0.1) is 0 Å². The fraction of sp³-hybridized carbons (Fsp3) is 0.333. The van der Waals surface area contributed by atoms with Crippen LogP contribution < -0.4 is 16.6 Å². The predicted molar refractivity (Wildman–Crippen MR) is 71.6 cm³/mol. The van der Waals surface area contributed by atoms with E-state index in [1.807, 2.05) is 13.8 Å². The van der Waals surface area contributed by atoms with E-state index in [9.17, 15) is 9.90 Å². The summed E-state index contributed by atoms with van der Waals surface area (Å²) in [5, 5.41) is 12.8. The van der Waals surface area contributed by atoms with Gasteiger partial charge < -0.3 is 21.1 Å². The second kappa shape index (κ2) is 4.30. The van der Waals surface area contributed by atoms with Crippen molar-refractivity contribution in [1.82, 2.24) is 9.97 Å². The average molecular weight is 248 g/mol. The second-order valence-electron chi connectivity index (χ2n) is 4.86. The number of hydrogen-bond acceptors (Lipinski definition) is 5. The van der Waals surface area contributed by atoms with E-state index in [2.05, 4.69) is 15.3 Å². The lowest BCUT2D eigenvalue weighted by Gasteiger charge is -2.25. The van der Waals surface area contributed by atoms with Gasteiger partial charge in [0.2, 0.25) is 0 Å². The molecule has 6 nitrogen and oxygen atoms in total. The summed E-state index contributed by atoms with van der Waals surface area (Å²) in [6.45, 7) is 3.66. The normalized spacial score (nSPS) is 11.7. The van der Waals surface area contributed by atoms with E-state index in [4.69, 9.17) is 5.73 Å². The lowest BCUT2D eigenvalue weighted by molar-refractivity contribution is 0.234. The van der Waals surface area contributed by atoms with Gasteiger partial charge >= 0.3 is 0 Å². The molecule has 1 aromatic heterocycles. The molecule has 1 aromatic carbocycles. The zero-order chi connectivity index (χ0) is 13.3. The Balaban J connectivity index is 2.54. The third kappa shape index (κ3) is 2.28. The molecule has 2 aromatic rings. The standard InChI is InChI=1S/C12H16N4O2/c1-12(2,5-17)16-10-4-9-7(3-8(10)13)11(18)15-6-14-9/h3-4,6,16-17H,5,13H2,1-2H3,(H,14,15,18). The number of aromatic nitrogens is 2. The van der Waals surface area contributed by atoms with Gasteiger partial charge in [0.1, 0.15) is 0 Å². The van der Waals surface area contributed by atoms with Crippen molar-refractivity contribution in [2.45, 2.75) is 19.4 Å². The lowest BCUT2D eigenvalue weighted by atomic mass is 10.1. The first-order chi connectivity index (χ1) is 8.43. The Hall–Kier alpha value is -2.08. The van der Waals surface area contributed by atoms with E-state index in [1.165, 1.54) is 6.33 Å². The Morgan fingerprint density at radius 2 is 2.22 bits per heavy atom. The Labute approximate surface area is 104 Å². The zero-order valence-electron chi connectivity index (χ0n) is 10.3. The van der Waals surface area contributed by atoms with Gasteiger partial charge in [-0.3, -0.25) is 4.79 Å². The molecule has 18 heavy (non-hydrogen) atoms. The van der Waals surface area contributed by atoms with Crippen LogP contribution >= 0.6 is 0 Å². The Morgan fingerprint density at radius 3 is 2.89 bits per heavy atom. The van der Waals surface area contributed by atoms with E-state index < -0.39 is 5.54 Å². The predicted octanol–water partition coefficient (Wildman–Crippen LogP) is 0.688. The van der Waals surface area contributed by atoms with Crippen LogP contribution in [0.4, 0.5) is 11.4 Å². The molecule has 0 spiro atoms. The Morgan fingerprint density at radius 1 is 1.50 bits per heavy atom. The summed E-state index contributed by atoms with van der Waals surface area (Å²) in [7, 11) is 0. The monoisotopic (exact) mass is 248 g/mol. The molecule has 0 amide bonds. The SMILES string of the molecule is CC(C)(CO)Nc1cc2nc[nH]c(=O)c2cc1N. The Bertz CT molecular complexity index is 634. The number of nitrogens with two attached hydrogens (primary N) is 1. The maximum Gasteiger partial charge on any atom is 0.258 e. The molecule has 0 saturated heterocycles. The quantitative estimate of drug-likeness (QED) is 0.598. The summed E-state index contributed by atoms with van der Waals surface area (Å²) in [5.74, 6) is 0. The van der Waals surface area contributed by atoms with Crippen molar-refractivity contribution < 1.29 is 5.11 Å². The van der Waals surface area contributed by atoms with E-state index >= 15 is 0 Å². The summed E-state index contributed by atoms with van der Waals surface area (Å²) in [6.07, 6.45) is 1.35. The molecule has 96 valence electrons. The van der Waals surface area contributed by atoms with Gasteiger partial charge in [-0.05, 0) is 26.0 Å². The maximum absolute atomic E-state index is 11.6. The third-order valence-electron chi connectivity index (χ3n) is 2.68. The van der Waals surface area contributed by atoms with Gasteiger partial charge in [0.15, 0.2) is 0 Å². The van der Waals surface area contributed by atoms with Crippen LogP contribution in [0.1, 0.15) is 13.8 Å². The number of aliphatic hydroxyl groups is 1. The van der Waals surface area contributed by atoms with E-state index in [1.54, 1.807) is 12.1 Å². The molecule has 5 N–H and O–H groups in total. The number of anilines is 2. The first-order valence-corrected chi connectivity index (χ1v) is 5.59. The van der Waals surface area contributed by atoms with Gasteiger partial charge in [0.05, 0.1) is 40.8 Å². The van der Waals surface area contributed by atoms with Gasteiger partial charge in [0.25, 0.3) is 5.56 Å². The highest BCUT2D eigenvalue weighted by molar-refractivity contribution is 5.88. The molecule has 6 heteroatoms. The van der Waals surface area contributed by atoms with Crippen LogP contribution in [-0.4, -0.2) is 27.2 Å². The van der Waals surface area contributed by atoms with Crippen LogP contribution in [-0.2, 0) is 0 Å².